The smallest absolute Gasteiger partial charge is 0.244 e. The van der Waals surface area contributed by atoms with Crippen molar-refractivity contribution in [2.75, 3.05) is 5.43 Å². The molecule has 0 atom stereocenters. The van der Waals surface area contributed by atoms with Crippen LogP contribution in [-0.2, 0) is 16.6 Å². The SMILES string of the molecule is Cc1cc(CNS(=O)(=O)c2cccnc2NN)on1. The van der Waals surface area contributed by atoms with E-state index < -0.39 is 10.0 Å². The number of nitrogen functional groups attached to an aromatic ring is 1. The lowest BCUT2D eigenvalue weighted by atomic mass is 10.4. The van der Waals surface area contributed by atoms with Gasteiger partial charge in [0, 0.05) is 12.3 Å². The highest BCUT2D eigenvalue weighted by atomic mass is 32.2. The summed E-state index contributed by atoms with van der Waals surface area (Å²) in [5.41, 5.74) is 2.92. The summed E-state index contributed by atoms with van der Waals surface area (Å²) in [4.78, 5) is 3.80. The summed E-state index contributed by atoms with van der Waals surface area (Å²) in [7, 11) is -3.73. The quantitative estimate of drug-likeness (QED) is 0.527. The molecule has 0 spiro atoms. The molecule has 0 aliphatic rings. The van der Waals surface area contributed by atoms with Crippen LogP contribution in [0.1, 0.15) is 11.5 Å². The zero-order valence-corrected chi connectivity index (χ0v) is 10.9. The number of rotatable bonds is 5. The molecule has 0 amide bonds. The molecule has 0 saturated carbocycles. The number of nitrogens with zero attached hydrogens (tertiary/aromatic N) is 2. The normalized spacial score (nSPS) is 11.5. The number of aryl methyl sites for hydroxylation is 1. The standard InChI is InChI=1S/C10H13N5O3S/c1-7-5-8(18-15-7)6-13-19(16,17)9-3-2-4-12-10(9)14-11/h2-5,13H,6,11H2,1H3,(H,12,14). The van der Waals surface area contributed by atoms with Crippen molar-refractivity contribution in [3.63, 3.8) is 0 Å². The summed E-state index contributed by atoms with van der Waals surface area (Å²) in [6, 6.07) is 4.55. The van der Waals surface area contributed by atoms with Crippen LogP contribution in [0.2, 0.25) is 0 Å². The maximum atomic E-state index is 12.1. The van der Waals surface area contributed by atoms with Crippen molar-refractivity contribution in [2.24, 2.45) is 5.84 Å². The van der Waals surface area contributed by atoms with Crippen molar-refractivity contribution in [3.8, 4) is 0 Å². The molecule has 8 nitrogen and oxygen atoms in total. The van der Waals surface area contributed by atoms with E-state index in [2.05, 4.69) is 20.3 Å². The van der Waals surface area contributed by atoms with E-state index in [1.165, 1.54) is 18.3 Å². The number of anilines is 1. The van der Waals surface area contributed by atoms with E-state index in [4.69, 9.17) is 10.4 Å². The van der Waals surface area contributed by atoms with Gasteiger partial charge in [0.05, 0.1) is 12.2 Å². The van der Waals surface area contributed by atoms with Crippen LogP contribution in [0.3, 0.4) is 0 Å². The number of hydrazine groups is 1. The van der Waals surface area contributed by atoms with Gasteiger partial charge in [-0.1, -0.05) is 5.16 Å². The predicted octanol–water partition coefficient (Wildman–Crippen LogP) is 0.142. The number of sulfonamides is 1. The highest BCUT2D eigenvalue weighted by Crippen LogP contribution is 2.17. The van der Waals surface area contributed by atoms with Gasteiger partial charge in [-0.15, -0.1) is 0 Å². The molecule has 2 aromatic rings. The van der Waals surface area contributed by atoms with E-state index in [0.717, 1.165) is 0 Å². The van der Waals surface area contributed by atoms with Gasteiger partial charge in [-0.3, -0.25) is 0 Å². The van der Waals surface area contributed by atoms with Crippen LogP contribution in [0.5, 0.6) is 0 Å². The third-order valence-electron chi connectivity index (χ3n) is 2.31. The molecule has 9 heteroatoms. The molecule has 19 heavy (non-hydrogen) atoms. The minimum Gasteiger partial charge on any atom is -0.360 e. The first-order valence-electron chi connectivity index (χ1n) is 5.36. The van der Waals surface area contributed by atoms with E-state index in [-0.39, 0.29) is 17.3 Å². The van der Waals surface area contributed by atoms with Crippen molar-refractivity contribution < 1.29 is 12.9 Å². The Morgan fingerprint density at radius 3 is 2.89 bits per heavy atom. The van der Waals surface area contributed by atoms with Gasteiger partial charge in [0.25, 0.3) is 0 Å². The van der Waals surface area contributed by atoms with E-state index in [9.17, 15) is 8.42 Å². The molecule has 0 aromatic carbocycles. The molecular weight excluding hydrogens is 270 g/mol. The van der Waals surface area contributed by atoms with Crippen molar-refractivity contribution >= 4 is 15.8 Å². The van der Waals surface area contributed by atoms with Gasteiger partial charge in [-0.05, 0) is 19.1 Å². The van der Waals surface area contributed by atoms with Crippen molar-refractivity contribution in [3.05, 3.63) is 35.9 Å². The molecular formula is C10H13N5O3S. The molecule has 2 aromatic heterocycles. The first kappa shape index (κ1) is 13.5. The maximum absolute atomic E-state index is 12.1. The minimum atomic E-state index is -3.73. The lowest BCUT2D eigenvalue weighted by molar-refractivity contribution is 0.377. The fourth-order valence-corrected chi connectivity index (χ4v) is 2.57. The van der Waals surface area contributed by atoms with Gasteiger partial charge < -0.3 is 9.95 Å². The van der Waals surface area contributed by atoms with Crippen molar-refractivity contribution in [1.29, 1.82) is 0 Å². The van der Waals surface area contributed by atoms with Gasteiger partial charge in [0.15, 0.2) is 11.6 Å². The monoisotopic (exact) mass is 283 g/mol. The predicted molar refractivity (Wildman–Crippen MR) is 67.3 cm³/mol. The Morgan fingerprint density at radius 2 is 2.26 bits per heavy atom. The highest BCUT2D eigenvalue weighted by molar-refractivity contribution is 7.89. The fourth-order valence-electron chi connectivity index (χ4n) is 1.46. The number of aromatic nitrogens is 2. The van der Waals surface area contributed by atoms with Crippen LogP contribution in [0.15, 0.2) is 33.8 Å². The molecule has 0 bridgehead atoms. The number of pyridine rings is 1. The van der Waals surface area contributed by atoms with Crippen molar-refractivity contribution in [2.45, 2.75) is 18.4 Å². The minimum absolute atomic E-state index is 0.00206. The van der Waals surface area contributed by atoms with E-state index in [1.54, 1.807) is 13.0 Å². The largest absolute Gasteiger partial charge is 0.360 e. The third kappa shape index (κ3) is 3.08. The number of hydrogen-bond acceptors (Lipinski definition) is 7. The molecule has 0 fully saturated rings. The van der Waals surface area contributed by atoms with Crippen molar-refractivity contribution in [1.82, 2.24) is 14.9 Å². The maximum Gasteiger partial charge on any atom is 0.244 e. The molecule has 102 valence electrons. The summed E-state index contributed by atoms with van der Waals surface area (Å²) < 4.78 is 31.5. The third-order valence-corrected chi connectivity index (χ3v) is 3.74. The molecule has 2 heterocycles. The van der Waals surface area contributed by atoms with Gasteiger partial charge in [0.1, 0.15) is 4.90 Å². The number of hydrogen-bond donors (Lipinski definition) is 3. The average molecular weight is 283 g/mol. The Morgan fingerprint density at radius 1 is 1.47 bits per heavy atom. The Balaban J connectivity index is 2.18. The topological polar surface area (TPSA) is 123 Å². The van der Waals surface area contributed by atoms with Crippen LogP contribution >= 0.6 is 0 Å². The second-order valence-electron chi connectivity index (χ2n) is 3.75. The average Bonchev–Trinajstić information content (AvgIpc) is 2.82. The Hall–Kier alpha value is -1.97. The molecule has 0 saturated heterocycles. The molecule has 0 aliphatic carbocycles. The number of nitrogens with one attached hydrogen (secondary N) is 2. The van der Waals surface area contributed by atoms with Crippen LogP contribution in [0, 0.1) is 6.92 Å². The van der Waals surface area contributed by atoms with Gasteiger partial charge >= 0.3 is 0 Å². The molecule has 0 unspecified atom stereocenters. The van der Waals surface area contributed by atoms with Crippen LogP contribution in [-0.4, -0.2) is 18.6 Å². The first-order chi connectivity index (χ1) is 9.03. The Kier molecular flexibility index (Phi) is 3.79. The van der Waals surface area contributed by atoms with E-state index in [1.807, 2.05) is 0 Å². The lowest BCUT2D eigenvalue weighted by Crippen LogP contribution is -2.25. The fraction of sp³-hybridized carbons (Fsp3) is 0.200. The molecule has 4 N–H and O–H groups in total. The van der Waals surface area contributed by atoms with Crippen LogP contribution < -0.4 is 16.0 Å². The molecule has 0 radical (unpaired) electrons. The zero-order valence-electron chi connectivity index (χ0n) is 10.1. The second kappa shape index (κ2) is 5.34. The van der Waals surface area contributed by atoms with Crippen LogP contribution in [0.25, 0.3) is 0 Å². The Labute approximate surface area is 110 Å². The van der Waals surface area contributed by atoms with Gasteiger partial charge in [-0.25, -0.2) is 24.0 Å². The molecule has 0 aliphatic heterocycles. The van der Waals surface area contributed by atoms with E-state index in [0.29, 0.717) is 11.5 Å². The van der Waals surface area contributed by atoms with E-state index >= 15 is 0 Å². The number of nitrogens with two attached hydrogens (primary N) is 1. The Bertz CT molecular complexity index is 667. The highest BCUT2D eigenvalue weighted by Gasteiger charge is 2.19. The lowest BCUT2D eigenvalue weighted by Gasteiger charge is -2.08. The second-order valence-corrected chi connectivity index (χ2v) is 5.49. The first-order valence-corrected chi connectivity index (χ1v) is 6.85. The molecule has 2 rings (SSSR count). The van der Waals surface area contributed by atoms with Gasteiger partial charge in [-0.2, -0.15) is 0 Å². The van der Waals surface area contributed by atoms with Crippen LogP contribution in [0.4, 0.5) is 5.82 Å². The summed E-state index contributed by atoms with van der Waals surface area (Å²) >= 11 is 0. The summed E-state index contributed by atoms with van der Waals surface area (Å²) in [6.45, 7) is 1.75. The summed E-state index contributed by atoms with van der Waals surface area (Å²) in [5, 5.41) is 3.67. The summed E-state index contributed by atoms with van der Waals surface area (Å²) in [6.07, 6.45) is 1.44. The summed E-state index contributed by atoms with van der Waals surface area (Å²) in [5.74, 6) is 5.72. The zero-order chi connectivity index (χ0) is 13.9. The van der Waals surface area contributed by atoms with Gasteiger partial charge in [0.2, 0.25) is 10.0 Å².